The number of amides is 1. The fourth-order valence-corrected chi connectivity index (χ4v) is 5.23. The van der Waals surface area contributed by atoms with Crippen LogP contribution in [0.1, 0.15) is 54.6 Å². The molecular formula is C26H26ClFN6O. The van der Waals surface area contributed by atoms with Crippen molar-refractivity contribution in [2.24, 2.45) is 7.05 Å². The van der Waals surface area contributed by atoms with Crippen LogP contribution in [0.4, 0.5) is 4.39 Å². The van der Waals surface area contributed by atoms with Gasteiger partial charge in [-0.15, -0.1) is 5.10 Å². The first kappa shape index (κ1) is 23.2. The molecule has 7 nitrogen and oxygen atoms in total. The number of fused-ring (bicyclic) bond motifs is 1. The maximum Gasteiger partial charge on any atom is 0.294 e. The van der Waals surface area contributed by atoms with Gasteiger partial charge < -0.3 is 4.90 Å². The predicted molar refractivity (Wildman–Crippen MR) is 132 cm³/mol. The molecule has 1 aliphatic rings. The molecule has 35 heavy (non-hydrogen) atoms. The molecule has 0 fully saturated rings. The molecule has 3 heterocycles. The minimum absolute atomic E-state index is 0.0413. The Morgan fingerprint density at radius 1 is 1.11 bits per heavy atom. The van der Waals surface area contributed by atoms with E-state index in [1.807, 2.05) is 47.8 Å². The molecule has 9 heteroatoms. The second-order valence-corrected chi connectivity index (χ2v) is 9.15. The minimum atomic E-state index is -0.432. The summed E-state index contributed by atoms with van der Waals surface area (Å²) in [7, 11) is 1.92. The molecule has 5 rings (SSSR count). The standard InChI is InChI=1S/C26H26ClFN6O/c1-4-18-14-19-23(30-32(3)24(19)16-9-8-10-17(27)13-16)21(5-2)34(18)26(35)25-29-15-33(31-25)22-12-7-6-11-20(22)28/h6-13,15,18,21H,4-5,14H2,1-3H3. The molecule has 2 aromatic heterocycles. The third-order valence-corrected chi connectivity index (χ3v) is 6.87. The lowest BCUT2D eigenvalue weighted by Gasteiger charge is -2.40. The smallest absolute Gasteiger partial charge is 0.294 e. The van der Waals surface area contributed by atoms with Crippen molar-refractivity contribution in [1.82, 2.24) is 29.4 Å². The van der Waals surface area contributed by atoms with Gasteiger partial charge in [-0.2, -0.15) is 5.10 Å². The van der Waals surface area contributed by atoms with Gasteiger partial charge in [0, 0.05) is 29.2 Å². The Kier molecular flexibility index (Phi) is 6.15. The Hall–Kier alpha value is -3.52. The maximum atomic E-state index is 14.2. The Labute approximate surface area is 208 Å². The lowest BCUT2D eigenvalue weighted by Crippen LogP contribution is -2.47. The van der Waals surface area contributed by atoms with E-state index in [1.54, 1.807) is 18.2 Å². The molecule has 0 bridgehead atoms. The number of rotatable bonds is 5. The second kappa shape index (κ2) is 9.26. The summed E-state index contributed by atoms with van der Waals surface area (Å²) in [5.74, 6) is -0.669. The van der Waals surface area contributed by atoms with Gasteiger partial charge in [-0.25, -0.2) is 14.1 Å². The highest BCUT2D eigenvalue weighted by molar-refractivity contribution is 6.30. The van der Waals surface area contributed by atoms with E-state index in [4.69, 9.17) is 16.7 Å². The first-order valence-corrected chi connectivity index (χ1v) is 12.1. The van der Waals surface area contributed by atoms with Gasteiger partial charge in [0.2, 0.25) is 5.82 Å². The predicted octanol–water partition coefficient (Wildman–Crippen LogP) is 5.39. The zero-order valence-electron chi connectivity index (χ0n) is 19.8. The highest BCUT2D eigenvalue weighted by Crippen LogP contribution is 2.41. The van der Waals surface area contributed by atoms with Gasteiger partial charge in [-0.05, 0) is 43.5 Å². The number of halogens is 2. The van der Waals surface area contributed by atoms with Crippen molar-refractivity contribution in [2.45, 2.75) is 45.2 Å². The van der Waals surface area contributed by atoms with Crippen LogP contribution in [-0.4, -0.2) is 41.4 Å². The number of benzene rings is 2. The molecule has 180 valence electrons. The quantitative estimate of drug-likeness (QED) is 0.374. The van der Waals surface area contributed by atoms with Crippen LogP contribution >= 0.6 is 11.6 Å². The molecule has 0 radical (unpaired) electrons. The van der Waals surface area contributed by atoms with Crippen molar-refractivity contribution < 1.29 is 9.18 Å². The van der Waals surface area contributed by atoms with Crippen LogP contribution in [0, 0.1) is 5.82 Å². The maximum absolute atomic E-state index is 14.2. The van der Waals surface area contributed by atoms with Crippen LogP contribution in [-0.2, 0) is 13.5 Å². The van der Waals surface area contributed by atoms with Crippen molar-refractivity contribution in [2.75, 3.05) is 0 Å². The van der Waals surface area contributed by atoms with Gasteiger partial charge in [-0.1, -0.05) is 49.7 Å². The van der Waals surface area contributed by atoms with Crippen LogP contribution in [0.25, 0.3) is 16.9 Å². The highest BCUT2D eigenvalue weighted by atomic mass is 35.5. The van der Waals surface area contributed by atoms with E-state index in [0.29, 0.717) is 17.9 Å². The van der Waals surface area contributed by atoms with Gasteiger partial charge in [-0.3, -0.25) is 9.48 Å². The fraction of sp³-hybridized carbons (Fsp3) is 0.308. The average Bonchev–Trinajstić information content (AvgIpc) is 3.47. The lowest BCUT2D eigenvalue weighted by atomic mass is 9.87. The largest absolute Gasteiger partial charge is 0.324 e. The number of aryl methyl sites for hydroxylation is 1. The van der Waals surface area contributed by atoms with Crippen LogP contribution < -0.4 is 0 Å². The molecule has 2 unspecified atom stereocenters. The molecule has 0 spiro atoms. The van der Waals surface area contributed by atoms with Crippen molar-refractivity contribution in [3.8, 4) is 16.9 Å². The van der Waals surface area contributed by atoms with Crippen LogP contribution in [0.5, 0.6) is 0 Å². The molecule has 0 aliphatic carbocycles. The minimum Gasteiger partial charge on any atom is -0.324 e. The molecule has 0 saturated heterocycles. The fourth-order valence-electron chi connectivity index (χ4n) is 5.04. The van der Waals surface area contributed by atoms with Gasteiger partial charge in [0.05, 0.1) is 17.4 Å². The summed E-state index contributed by atoms with van der Waals surface area (Å²) in [6.45, 7) is 4.12. The molecule has 4 aromatic rings. The van der Waals surface area contributed by atoms with Crippen molar-refractivity contribution in [3.63, 3.8) is 0 Å². The van der Waals surface area contributed by atoms with Crippen LogP contribution in [0.3, 0.4) is 0 Å². The molecular weight excluding hydrogens is 467 g/mol. The second-order valence-electron chi connectivity index (χ2n) is 8.71. The molecule has 0 N–H and O–H groups in total. The van der Waals surface area contributed by atoms with E-state index in [9.17, 15) is 9.18 Å². The van der Waals surface area contributed by atoms with E-state index in [1.165, 1.54) is 17.1 Å². The van der Waals surface area contributed by atoms with E-state index in [-0.39, 0.29) is 29.5 Å². The number of aromatic nitrogens is 5. The summed E-state index contributed by atoms with van der Waals surface area (Å²) < 4.78 is 17.4. The summed E-state index contributed by atoms with van der Waals surface area (Å²) in [6.07, 6.45) is 3.49. The van der Waals surface area contributed by atoms with Gasteiger partial charge in [0.15, 0.2) is 0 Å². The SMILES string of the molecule is CCC1Cc2c(nn(C)c2-c2cccc(Cl)c2)C(CC)N1C(=O)c1ncn(-c2ccccc2F)n1. The zero-order valence-corrected chi connectivity index (χ0v) is 20.6. The highest BCUT2D eigenvalue weighted by Gasteiger charge is 2.41. The number of carbonyl (C=O) groups is 1. The zero-order chi connectivity index (χ0) is 24.7. The summed E-state index contributed by atoms with van der Waals surface area (Å²) in [4.78, 5) is 19.8. The first-order valence-electron chi connectivity index (χ1n) is 11.7. The summed E-state index contributed by atoms with van der Waals surface area (Å²) in [5, 5.41) is 9.84. The normalized spacial score (nSPS) is 17.5. The number of carbonyl (C=O) groups excluding carboxylic acids is 1. The monoisotopic (exact) mass is 492 g/mol. The Morgan fingerprint density at radius 2 is 1.91 bits per heavy atom. The number of hydrogen-bond acceptors (Lipinski definition) is 4. The molecule has 0 saturated carbocycles. The molecule has 1 aliphatic heterocycles. The number of para-hydroxylation sites is 1. The first-order chi connectivity index (χ1) is 16.9. The van der Waals surface area contributed by atoms with Crippen molar-refractivity contribution >= 4 is 17.5 Å². The summed E-state index contributed by atoms with van der Waals surface area (Å²) in [6, 6.07) is 13.7. The topological polar surface area (TPSA) is 68.8 Å². The number of hydrogen-bond donors (Lipinski definition) is 0. The van der Waals surface area contributed by atoms with E-state index in [0.717, 1.165) is 28.9 Å². The molecule has 1 amide bonds. The van der Waals surface area contributed by atoms with Gasteiger partial charge >= 0.3 is 0 Å². The van der Waals surface area contributed by atoms with Crippen molar-refractivity contribution in [3.05, 3.63) is 82.8 Å². The Morgan fingerprint density at radius 3 is 2.63 bits per heavy atom. The van der Waals surface area contributed by atoms with Gasteiger partial charge in [0.1, 0.15) is 17.8 Å². The van der Waals surface area contributed by atoms with Crippen molar-refractivity contribution in [1.29, 1.82) is 0 Å². The third kappa shape index (κ3) is 4.01. The third-order valence-electron chi connectivity index (χ3n) is 6.63. The molecule has 2 aromatic carbocycles. The number of nitrogens with zero attached hydrogens (tertiary/aromatic N) is 6. The average molecular weight is 493 g/mol. The van der Waals surface area contributed by atoms with Crippen LogP contribution in [0.15, 0.2) is 54.9 Å². The van der Waals surface area contributed by atoms with Crippen LogP contribution in [0.2, 0.25) is 5.02 Å². The Bertz CT molecular complexity index is 1400. The molecule has 2 atom stereocenters. The summed E-state index contributed by atoms with van der Waals surface area (Å²) >= 11 is 6.28. The van der Waals surface area contributed by atoms with E-state index >= 15 is 0 Å². The van der Waals surface area contributed by atoms with E-state index < -0.39 is 5.82 Å². The van der Waals surface area contributed by atoms with Gasteiger partial charge in [0.25, 0.3) is 5.91 Å². The van der Waals surface area contributed by atoms with E-state index in [2.05, 4.69) is 17.0 Å². The Balaban J connectivity index is 1.54. The lowest BCUT2D eigenvalue weighted by molar-refractivity contribution is 0.0500. The summed E-state index contributed by atoms with van der Waals surface area (Å²) in [5.41, 5.74) is 4.30.